The molecule has 53 heavy (non-hydrogen) atoms. The summed E-state index contributed by atoms with van der Waals surface area (Å²) >= 11 is 0. The first kappa shape index (κ1) is 30.9. The van der Waals surface area contributed by atoms with Gasteiger partial charge in [-0.15, -0.1) is 0 Å². The van der Waals surface area contributed by atoms with Crippen molar-refractivity contribution in [1.82, 2.24) is 9.97 Å². The molecule has 0 unspecified atom stereocenters. The number of nitrogens with zero attached hydrogens (tertiary/aromatic N) is 2. The zero-order valence-electron chi connectivity index (χ0n) is 29.3. The van der Waals surface area contributed by atoms with Gasteiger partial charge in [-0.1, -0.05) is 176 Å². The molecule has 0 aliphatic rings. The van der Waals surface area contributed by atoms with Gasteiger partial charge in [0.25, 0.3) is 0 Å². The van der Waals surface area contributed by atoms with Gasteiger partial charge in [-0.3, -0.25) is 0 Å². The van der Waals surface area contributed by atoms with E-state index in [2.05, 4.69) is 183 Å². The van der Waals surface area contributed by atoms with Crippen molar-refractivity contribution in [2.24, 2.45) is 0 Å². The molecule has 0 aliphatic carbocycles. The summed E-state index contributed by atoms with van der Waals surface area (Å²) < 4.78 is 0. The molecule has 2 heteroatoms. The van der Waals surface area contributed by atoms with Gasteiger partial charge in [0.2, 0.25) is 0 Å². The van der Waals surface area contributed by atoms with Crippen molar-refractivity contribution < 1.29 is 0 Å². The van der Waals surface area contributed by atoms with E-state index in [0.717, 1.165) is 33.6 Å². The second-order valence-corrected chi connectivity index (χ2v) is 13.8. The van der Waals surface area contributed by atoms with Gasteiger partial charge in [0, 0.05) is 16.7 Å². The molecule has 0 bridgehead atoms. The highest BCUT2D eigenvalue weighted by Crippen LogP contribution is 2.46. The zero-order valence-corrected chi connectivity index (χ0v) is 29.3. The second-order valence-electron chi connectivity index (χ2n) is 13.8. The molecule has 0 amide bonds. The molecule has 0 aliphatic heterocycles. The Morgan fingerprint density at radius 1 is 0.302 bits per heavy atom. The van der Waals surface area contributed by atoms with Crippen LogP contribution in [0.1, 0.15) is 5.56 Å². The van der Waals surface area contributed by atoms with E-state index < -0.39 is 0 Å². The van der Waals surface area contributed by atoms with Gasteiger partial charge < -0.3 is 0 Å². The first-order valence-electron chi connectivity index (χ1n) is 18.2. The summed E-state index contributed by atoms with van der Waals surface area (Å²) in [5.74, 6) is 0.706. The van der Waals surface area contributed by atoms with Crippen LogP contribution in [0.15, 0.2) is 188 Å². The van der Waals surface area contributed by atoms with Crippen molar-refractivity contribution in [1.29, 1.82) is 0 Å². The number of aromatic nitrogens is 2. The quantitative estimate of drug-likeness (QED) is 0.170. The van der Waals surface area contributed by atoms with Crippen LogP contribution in [-0.2, 0) is 0 Å². The lowest BCUT2D eigenvalue weighted by atomic mass is 9.84. The van der Waals surface area contributed by atoms with Crippen molar-refractivity contribution in [3.8, 4) is 56.2 Å². The number of aryl methyl sites for hydroxylation is 1. The Bertz CT molecular complexity index is 2930. The Morgan fingerprint density at radius 3 is 1.36 bits per heavy atom. The Balaban J connectivity index is 1.18. The van der Waals surface area contributed by atoms with Gasteiger partial charge in [-0.2, -0.15) is 0 Å². The molecule has 9 aromatic carbocycles. The van der Waals surface area contributed by atoms with E-state index in [1.165, 1.54) is 65.3 Å². The maximum Gasteiger partial charge on any atom is 0.160 e. The summed E-state index contributed by atoms with van der Waals surface area (Å²) in [6.07, 6.45) is 0. The summed E-state index contributed by atoms with van der Waals surface area (Å²) in [6.45, 7) is 2.23. The molecular formula is C51H34N2. The van der Waals surface area contributed by atoms with Crippen LogP contribution in [0.3, 0.4) is 0 Å². The molecule has 2 nitrogen and oxygen atoms in total. The van der Waals surface area contributed by atoms with Gasteiger partial charge in [0.1, 0.15) is 0 Å². The van der Waals surface area contributed by atoms with E-state index >= 15 is 0 Å². The lowest BCUT2D eigenvalue weighted by Gasteiger charge is -2.19. The fourth-order valence-electron chi connectivity index (χ4n) is 8.06. The number of fused-ring (bicyclic) bond motifs is 6. The van der Waals surface area contributed by atoms with Gasteiger partial charge >= 0.3 is 0 Å². The minimum Gasteiger partial charge on any atom is -0.228 e. The Kier molecular flexibility index (Phi) is 7.40. The maximum atomic E-state index is 5.11. The lowest BCUT2D eigenvalue weighted by molar-refractivity contribution is 1.18. The Hall–Kier alpha value is -6.90. The highest BCUT2D eigenvalue weighted by atomic mass is 14.9. The first-order chi connectivity index (χ1) is 26.2. The largest absolute Gasteiger partial charge is 0.228 e. The van der Waals surface area contributed by atoms with Crippen LogP contribution in [-0.4, -0.2) is 9.97 Å². The normalized spacial score (nSPS) is 11.5. The van der Waals surface area contributed by atoms with Crippen LogP contribution in [0.4, 0.5) is 0 Å². The molecule has 0 spiro atoms. The topological polar surface area (TPSA) is 25.8 Å². The molecule has 0 saturated heterocycles. The monoisotopic (exact) mass is 674 g/mol. The molecule has 0 radical (unpaired) electrons. The maximum absolute atomic E-state index is 5.11. The molecule has 0 fully saturated rings. The summed E-state index contributed by atoms with van der Waals surface area (Å²) in [4.78, 5) is 10.2. The highest BCUT2D eigenvalue weighted by molar-refractivity contribution is 6.22. The van der Waals surface area contributed by atoms with E-state index in [-0.39, 0.29) is 0 Å². The van der Waals surface area contributed by atoms with Gasteiger partial charge in [0.05, 0.1) is 11.4 Å². The van der Waals surface area contributed by atoms with Crippen molar-refractivity contribution in [3.05, 3.63) is 194 Å². The second kappa shape index (κ2) is 12.7. The summed E-state index contributed by atoms with van der Waals surface area (Å²) in [5, 5.41) is 10.1. The third kappa shape index (κ3) is 5.35. The van der Waals surface area contributed by atoms with Crippen LogP contribution in [0.5, 0.6) is 0 Å². The molecule has 0 atom stereocenters. The molecular weight excluding hydrogens is 641 g/mol. The average molecular weight is 675 g/mol. The molecule has 1 heterocycles. The van der Waals surface area contributed by atoms with Crippen LogP contribution in [0, 0.1) is 6.92 Å². The summed E-state index contributed by atoms with van der Waals surface area (Å²) in [7, 11) is 0. The minimum atomic E-state index is 0.706. The van der Waals surface area contributed by atoms with E-state index in [0.29, 0.717) is 5.82 Å². The Morgan fingerprint density at radius 2 is 0.755 bits per heavy atom. The van der Waals surface area contributed by atoms with Gasteiger partial charge in [-0.05, 0) is 90.0 Å². The predicted octanol–water partition coefficient (Wildman–Crippen LogP) is 13.7. The summed E-state index contributed by atoms with van der Waals surface area (Å²) in [6, 6.07) is 67.4. The SMILES string of the molecule is Cc1cc2ccccc2c2ccc(-c3c(-c4ccc(-c5nc(-c6ccccc6)cc(-c6ccccc6)n5)cc4)c4ccccc4c4ccccc34)cc12. The van der Waals surface area contributed by atoms with Gasteiger partial charge in [0.15, 0.2) is 5.82 Å². The van der Waals surface area contributed by atoms with Crippen LogP contribution < -0.4 is 0 Å². The molecule has 10 rings (SSSR count). The number of rotatable bonds is 5. The van der Waals surface area contributed by atoms with E-state index in [9.17, 15) is 0 Å². The van der Waals surface area contributed by atoms with E-state index in [4.69, 9.17) is 9.97 Å². The highest BCUT2D eigenvalue weighted by Gasteiger charge is 2.19. The third-order valence-corrected chi connectivity index (χ3v) is 10.6. The molecule has 10 aromatic rings. The van der Waals surface area contributed by atoms with Crippen LogP contribution in [0.25, 0.3) is 99.2 Å². The Labute approximate surface area is 308 Å². The van der Waals surface area contributed by atoms with Gasteiger partial charge in [-0.25, -0.2) is 9.97 Å². The fraction of sp³-hybridized carbons (Fsp3) is 0.0196. The smallest absolute Gasteiger partial charge is 0.160 e. The first-order valence-corrected chi connectivity index (χ1v) is 18.2. The minimum absolute atomic E-state index is 0.706. The van der Waals surface area contributed by atoms with Crippen molar-refractivity contribution >= 4 is 43.1 Å². The van der Waals surface area contributed by atoms with Crippen molar-refractivity contribution in [2.75, 3.05) is 0 Å². The zero-order chi connectivity index (χ0) is 35.3. The summed E-state index contributed by atoms with van der Waals surface area (Å²) in [5.41, 5.74) is 11.0. The van der Waals surface area contributed by atoms with Crippen molar-refractivity contribution in [2.45, 2.75) is 6.92 Å². The number of hydrogen-bond acceptors (Lipinski definition) is 2. The standard InChI is InChI=1S/C51H34N2/c1-33-30-38-18-8-9-19-40(38)43-29-28-39(31-46(33)43)50-45-23-13-11-21-42(45)41-20-10-12-22-44(41)49(50)36-24-26-37(27-25-36)51-52-47(34-14-4-2-5-15-34)32-48(53-51)35-16-6-3-7-17-35/h2-32H,1H3. The molecule has 0 N–H and O–H groups in total. The van der Waals surface area contributed by atoms with E-state index in [1.54, 1.807) is 0 Å². The molecule has 1 aromatic heterocycles. The molecule has 248 valence electrons. The number of benzene rings is 9. The predicted molar refractivity (Wildman–Crippen MR) is 224 cm³/mol. The van der Waals surface area contributed by atoms with E-state index in [1.807, 2.05) is 12.1 Å². The third-order valence-electron chi connectivity index (χ3n) is 10.6. The van der Waals surface area contributed by atoms with Crippen LogP contribution >= 0.6 is 0 Å². The van der Waals surface area contributed by atoms with Crippen LogP contribution in [0.2, 0.25) is 0 Å². The average Bonchev–Trinajstić information content (AvgIpc) is 3.24. The number of hydrogen-bond donors (Lipinski definition) is 0. The van der Waals surface area contributed by atoms with Crippen molar-refractivity contribution in [3.63, 3.8) is 0 Å². The lowest BCUT2D eigenvalue weighted by Crippen LogP contribution is -1.96. The molecule has 0 saturated carbocycles. The fourth-order valence-corrected chi connectivity index (χ4v) is 8.06.